The van der Waals surface area contributed by atoms with E-state index in [-0.39, 0.29) is 11.3 Å². The van der Waals surface area contributed by atoms with Gasteiger partial charge in [0, 0.05) is 38.2 Å². The van der Waals surface area contributed by atoms with Gasteiger partial charge >= 0.3 is 0 Å². The van der Waals surface area contributed by atoms with Crippen molar-refractivity contribution < 1.29 is 9.53 Å². The highest BCUT2D eigenvalue weighted by Gasteiger charge is 2.22. The molecule has 2 rings (SSSR count). The van der Waals surface area contributed by atoms with Gasteiger partial charge in [0.1, 0.15) is 5.75 Å². The first-order valence-electron chi connectivity index (χ1n) is 8.49. The first-order chi connectivity index (χ1) is 10.8. The molecule has 0 atom stereocenters. The van der Waals surface area contributed by atoms with Gasteiger partial charge in [-0.2, -0.15) is 0 Å². The smallest absolute Gasteiger partial charge is 0.222 e. The molecule has 23 heavy (non-hydrogen) atoms. The van der Waals surface area contributed by atoms with E-state index < -0.39 is 0 Å². The number of carbonyl (C=O) groups is 1. The molecule has 0 radical (unpaired) electrons. The molecule has 1 saturated heterocycles. The number of ether oxygens (including phenoxy) is 1. The Bertz CT molecular complexity index is 555. The normalized spacial score (nSPS) is 15.6. The molecule has 1 aliphatic heterocycles. The van der Waals surface area contributed by atoms with E-state index in [1.54, 1.807) is 7.11 Å². The van der Waals surface area contributed by atoms with Crippen molar-refractivity contribution in [1.29, 1.82) is 0 Å². The maximum Gasteiger partial charge on any atom is 0.222 e. The van der Waals surface area contributed by atoms with Crippen LogP contribution in [0.5, 0.6) is 5.75 Å². The largest absolute Gasteiger partial charge is 0.496 e. The van der Waals surface area contributed by atoms with Crippen LogP contribution in [0.25, 0.3) is 0 Å². The Hall–Kier alpha value is -1.55. The van der Waals surface area contributed by atoms with Crippen molar-refractivity contribution >= 4 is 5.91 Å². The SMILES string of the molecule is COc1c(C)cc(CCC(=O)N2CCNCC2)cc1C(C)(C)C. The predicted molar refractivity (Wildman–Crippen MR) is 94.2 cm³/mol. The second-order valence-electron chi connectivity index (χ2n) is 7.37. The molecule has 128 valence electrons. The number of amides is 1. The number of piperazine rings is 1. The van der Waals surface area contributed by atoms with E-state index in [4.69, 9.17) is 4.74 Å². The summed E-state index contributed by atoms with van der Waals surface area (Å²) in [6.07, 6.45) is 1.37. The van der Waals surface area contributed by atoms with E-state index in [2.05, 4.69) is 45.1 Å². The zero-order valence-electron chi connectivity index (χ0n) is 15.2. The predicted octanol–water partition coefficient (Wildman–Crippen LogP) is 2.67. The maximum atomic E-state index is 12.3. The lowest BCUT2D eigenvalue weighted by molar-refractivity contribution is -0.131. The third-order valence-electron chi connectivity index (χ3n) is 4.44. The molecule has 0 bridgehead atoms. The van der Waals surface area contributed by atoms with Gasteiger partial charge in [-0.05, 0) is 29.9 Å². The van der Waals surface area contributed by atoms with Crippen molar-refractivity contribution in [2.45, 2.75) is 46.0 Å². The molecule has 1 amide bonds. The Morgan fingerprint density at radius 3 is 2.48 bits per heavy atom. The second kappa shape index (κ2) is 7.35. The van der Waals surface area contributed by atoms with Crippen LogP contribution < -0.4 is 10.1 Å². The summed E-state index contributed by atoms with van der Waals surface area (Å²) < 4.78 is 5.60. The van der Waals surface area contributed by atoms with Crippen LogP contribution in [0.2, 0.25) is 0 Å². The lowest BCUT2D eigenvalue weighted by Crippen LogP contribution is -2.46. The third-order valence-corrected chi connectivity index (χ3v) is 4.44. The number of hydrogen-bond donors (Lipinski definition) is 1. The summed E-state index contributed by atoms with van der Waals surface area (Å²) >= 11 is 0. The molecule has 1 fully saturated rings. The van der Waals surface area contributed by atoms with Crippen LogP contribution in [0.1, 0.15) is 43.9 Å². The highest BCUT2D eigenvalue weighted by Crippen LogP contribution is 2.35. The van der Waals surface area contributed by atoms with Gasteiger partial charge in [-0.1, -0.05) is 32.9 Å². The monoisotopic (exact) mass is 318 g/mol. The molecule has 1 aromatic rings. The van der Waals surface area contributed by atoms with E-state index >= 15 is 0 Å². The molecule has 0 aromatic heterocycles. The lowest BCUT2D eigenvalue weighted by atomic mass is 9.83. The van der Waals surface area contributed by atoms with Gasteiger partial charge in [0.25, 0.3) is 0 Å². The van der Waals surface area contributed by atoms with E-state index in [1.807, 2.05) is 4.90 Å². The molecule has 1 N–H and O–H groups in total. The van der Waals surface area contributed by atoms with E-state index in [1.165, 1.54) is 11.1 Å². The van der Waals surface area contributed by atoms with Crippen LogP contribution in [0.15, 0.2) is 12.1 Å². The number of carbonyl (C=O) groups excluding carboxylic acids is 1. The Morgan fingerprint density at radius 2 is 1.91 bits per heavy atom. The fourth-order valence-corrected chi connectivity index (χ4v) is 3.14. The van der Waals surface area contributed by atoms with Gasteiger partial charge in [0.15, 0.2) is 0 Å². The Labute approximate surface area is 140 Å². The van der Waals surface area contributed by atoms with E-state index in [0.29, 0.717) is 6.42 Å². The summed E-state index contributed by atoms with van der Waals surface area (Å²) in [5.41, 5.74) is 3.60. The summed E-state index contributed by atoms with van der Waals surface area (Å²) in [6.45, 7) is 12.1. The van der Waals surface area contributed by atoms with Crippen LogP contribution in [-0.2, 0) is 16.6 Å². The van der Waals surface area contributed by atoms with Crippen molar-refractivity contribution in [3.8, 4) is 5.75 Å². The fourth-order valence-electron chi connectivity index (χ4n) is 3.14. The van der Waals surface area contributed by atoms with Crippen molar-refractivity contribution in [2.75, 3.05) is 33.3 Å². The second-order valence-corrected chi connectivity index (χ2v) is 7.37. The molecule has 0 aliphatic carbocycles. The number of rotatable bonds is 4. The van der Waals surface area contributed by atoms with Crippen LogP contribution in [-0.4, -0.2) is 44.1 Å². The van der Waals surface area contributed by atoms with Gasteiger partial charge in [-0.25, -0.2) is 0 Å². The molecule has 1 heterocycles. The summed E-state index contributed by atoms with van der Waals surface area (Å²) in [7, 11) is 1.73. The molecule has 1 aromatic carbocycles. The number of aryl methyl sites for hydroxylation is 2. The lowest BCUT2D eigenvalue weighted by Gasteiger charge is -2.28. The Morgan fingerprint density at radius 1 is 1.26 bits per heavy atom. The molecular weight excluding hydrogens is 288 g/mol. The Balaban J connectivity index is 2.11. The van der Waals surface area contributed by atoms with E-state index in [0.717, 1.165) is 43.9 Å². The van der Waals surface area contributed by atoms with Gasteiger partial charge in [0.2, 0.25) is 5.91 Å². The van der Waals surface area contributed by atoms with E-state index in [9.17, 15) is 4.79 Å². The quantitative estimate of drug-likeness (QED) is 0.928. The highest BCUT2D eigenvalue weighted by molar-refractivity contribution is 5.76. The van der Waals surface area contributed by atoms with Crippen molar-refractivity contribution in [1.82, 2.24) is 10.2 Å². The van der Waals surface area contributed by atoms with Crippen LogP contribution >= 0.6 is 0 Å². The summed E-state index contributed by atoms with van der Waals surface area (Å²) in [5.74, 6) is 1.23. The zero-order valence-corrected chi connectivity index (χ0v) is 15.2. The summed E-state index contributed by atoms with van der Waals surface area (Å²) in [6, 6.07) is 4.36. The number of benzene rings is 1. The van der Waals surface area contributed by atoms with Crippen LogP contribution in [0, 0.1) is 6.92 Å². The minimum Gasteiger partial charge on any atom is -0.496 e. The number of hydrogen-bond acceptors (Lipinski definition) is 3. The number of methoxy groups -OCH3 is 1. The molecule has 0 saturated carbocycles. The maximum absolute atomic E-state index is 12.3. The topological polar surface area (TPSA) is 41.6 Å². The van der Waals surface area contributed by atoms with Gasteiger partial charge < -0.3 is 15.0 Å². The molecular formula is C19H30N2O2. The summed E-state index contributed by atoms with van der Waals surface area (Å²) in [5, 5.41) is 3.28. The average Bonchev–Trinajstić information content (AvgIpc) is 2.52. The van der Waals surface area contributed by atoms with Crippen LogP contribution in [0.3, 0.4) is 0 Å². The van der Waals surface area contributed by atoms with Crippen LogP contribution in [0.4, 0.5) is 0 Å². The van der Waals surface area contributed by atoms with Crippen molar-refractivity contribution in [3.05, 3.63) is 28.8 Å². The zero-order chi connectivity index (χ0) is 17.0. The molecule has 4 nitrogen and oxygen atoms in total. The van der Waals surface area contributed by atoms with Crippen molar-refractivity contribution in [3.63, 3.8) is 0 Å². The van der Waals surface area contributed by atoms with Crippen molar-refractivity contribution in [2.24, 2.45) is 0 Å². The standard InChI is InChI=1S/C19H30N2O2/c1-14-12-15(13-16(18(14)23-5)19(2,3)4)6-7-17(22)21-10-8-20-9-11-21/h12-13,20H,6-11H2,1-5H3. The van der Waals surface area contributed by atoms with Gasteiger partial charge in [-0.15, -0.1) is 0 Å². The average molecular weight is 318 g/mol. The first kappa shape index (κ1) is 17.8. The highest BCUT2D eigenvalue weighted by atomic mass is 16.5. The minimum atomic E-state index is 0.0225. The third kappa shape index (κ3) is 4.47. The molecule has 4 heteroatoms. The van der Waals surface area contributed by atoms with Gasteiger partial charge in [0.05, 0.1) is 7.11 Å². The molecule has 0 spiro atoms. The summed E-state index contributed by atoms with van der Waals surface area (Å²) in [4.78, 5) is 14.3. The fraction of sp³-hybridized carbons (Fsp3) is 0.632. The first-order valence-corrected chi connectivity index (χ1v) is 8.49. The number of nitrogens with zero attached hydrogens (tertiary/aromatic N) is 1. The van der Waals surface area contributed by atoms with Gasteiger partial charge in [-0.3, -0.25) is 4.79 Å². The minimum absolute atomic E-state index is 0.0225. The molecule has 0 unspecified atom stereocenters. The Kier molecular flexibility index (Phi) is 5.69. The number of nitrogens with one attached hydrogen (secondary N) is 1. The molecule has 1 aliphatic rings.